The molecule has 4 bridgehead atoms. The molecule has 0 aliphatic heterocycles. The minimum absolute atomic E-state index is 0.251. The molecule has 2 aromatic carbocycles. The Morgan fingerprint density at radius 2 is 1.53 bits per heavy atom. The SMILES string of the molecule is Cc1cc(C)cc(OCCNC(=O)CN(c2ccc(C34CC5CC(CC(C5)C3)C4)cc2)S(C)(=O)=O)c1. The third kappa shape index (κ3) is 5.41. The summed E-state index contributed by atoms with van der Waals surface area (Å²) in [6.45, 7) is 4.38. The third-order valence-electron chi connectivity index (χ3n) is 8.38. The lowest BCUT2D eigenvalue weighted by Crippen LogP contribution is -2.48. The van der Waals surface area contributed by atoms with Crippen molar-refractivity contribution in [1.82, 2.24) is 5.32 Å². The van der Waals surface area contributed by atoms with Crippen LogP contribution in [0.1, 0.15) is 55.2 Å². The number of rotatable bonds is 9. The van der Waals surface area contributed by atoms with Crippen molar-refractivity contribution in [3.05, 3.63) is 59.2 Å². The van der Waals surface area contributed by atoms with Gasteiger partial charge >= 0.3 is 0 Å². The highest BCUT2D eigenvalue weighted by Crippen LogP contribution is 2.60. The van der Waals surface area contributed by atoms with E-state index in [1.165, 1.54) is 48.4 Å². The van der Waals surface area contributed by atoms with Crippen LogP contribution in [0.2, 0.25) is 0 Å². The highest BCUT2D eigenvalue weighted by Gasteiger charge is 2.51. The predicted octanol–water partition coefficient (Wildman–Crippen LogP) is 4.73. The van der Waals surface area contributed by atoms with E-state index in [9.17, 15) is 13.2 Å². The van der Waals surface area contributed by atoms with E-state index in [1.54, 1.807) is 0 Å². The zero-order valence-corrected chi connectivity index (χ0v) is 22.4. The molecule has 4 aliphatic rings. The number of aryl methyl sites for hydroxylation is 2. The van der Waals surface area contributed by atoms with Crippen LogP contribution in [0.25, 0.3) is 0 Å². The van der Waals surface area contributed by atoms with Crippen LogP contribution < -0.4 is 14.4 Å². The van der Waals surface area contributed by atoms with Gasteiger partial charge in [0.1, 0.15) is 18.9 Å². The number of anilines is 1. The van der Waals surface area contributed by atoms with Crippen molar-refractivity contribution >= 4 is 21.6 Å². The monoisotopic (exact) mass is 510 g/mol. The summed E-state index contributed by atoms with van der Waals surface area (Å²) in [6, 6.07) is 14.0. The number of benzene rings is 2. The quantitative estimate of drug-likeness (QED) is 0.495. The topological polar surface area (TPSA) is 75.7 Å². The maximum absolute atomic E-state index is 12.6. The molecule has 1 amide bonds. The summed E-state index contributed by atoms with van der Waals surface area (Å²) in [5.41, 5.74) is 4.37. The second-order valence-corrected chi connectivity index (χ2v) is 13.4. The van der Waals surface area contributed by atoms with Crippen molar-refractivity contribution in [2.24, 2.45) is 17.8 Å². The van der Waals surface area contributed by atoms with Crippen molar-refractivity contribution in [2.45, 2.75) is 57.8 Å². The van der Waals surface area contributed by atoms with Gasteiger partial charge in [-0.05, 0) is 116 Å². The van der Waals surface area contributed by atoms with Crippen LogP contribution in [0.4, 0.5) is 5.69 Å². The number of nitrogens with one attached hydrogen (secondary N) is 1. The van der Waals surface area contributed by atoms with Crippen LogP contribution in [0.5, 0.6) is 5.75 Å². The second-order valence-electron chi connectivity index (χ2n) is 11.5. The maximum atomic E-state index is 12.6. The second kappa shape index (κ2) is 9.73. The Morgan fingerprint density at radius 3 is 2.06 bits per heavy atom. The zero-order valence-electron chi connectivity index (χ0n) is 21.6. The van der Waals surface area contributed by atoms with Gasteiger partial charge in [0.15, 0.2) is 0 Å². The van der Waals surface area contributed by atoms with Crippen LogP contribution in [0.3, 0.4) is 0 Å². The van der Waals surface area contributed by atoms with Gasteiger partial charge < -0.3 is 10.1 Å². The minimum Gasteiger partial charge on any atom is -0.492 e. The lowest BCUT2D eigenvalue weighted by Gasteiger charge is -2.57. The van der Waals surface area contributed by atoms with Gasteiger partial charge in [-0.15, -0.1) is 0 Å². The maximum Gasteiger partial charge on any atom is 0.240 e. The molecule has 7 heteroatoms. The normalized spacial score (nSPS) is 26.6. The van der Waals surface area contributed by atoms with Crippen LogP contribution in [-0.4, -0.2) is 40.3 Å². The summed E-state index contributed by atoms with van der Waals surface area (Å²) in [6.07, 6.45) is 9.12. The first-order valence-corrected chi connectivity index (χ1v) is 15.0. The Kier molecular flexibility index (Phi) is 6.79. The van der Waals surface area contributed by atoms with E-state index in [2.05, 4.69) is 23.5 Å². The first-order valence-electron chi connectivity index (χ1n) is 13.2. The van der Waals surface area contributed by atoms with E-state index >= 15 is 0 Å². The fourth-order valence-corrected chi connectivity index (χ4v) is 8.26. The molecule has 0 unspecified atom stereocenters. The predicted molar refractivity (Wildman–Crippen MR) is 143 cm³/mol. The molecule has 194 valence electrons. The molecule has 2 aromatic rings. The first-order chi connectivity index (χ1) is 17.1. The molecule has 4 fully saturated rings. The molecule has 4 aliphatic carbocycles. The van der Waals surface area contributed by atoms with Gasteiger partial charge in [0.05, 0.1) is 18.5 Å². The van der Waals surface area contributed by atoms with Crippen LogP contribution in [0, 0.1) is 31.6 Å². The molecule has 0 atom stereocenters. The largest absolute Gasteiger partial charge is 0.492 e. The van der Waals surface area contributed by atoms with Crippen LogP contribution in [-0.2, 0) is 20.2 Å². The molecule has 4 saturated carbocycles. The van der Waals surface area contributed by atoms with Gasteiger partial charge in [0, 0.05) is 0 Å². The summed E-state index contributed by atoms with van der Waals surface area (Å²) in [5.74, 6) is 2.97. The zero-order chi connectivity index (χ0) is 25.5. The molecule has 0 aromatic heterocycles. The van der Waals surface area contributed by atoms with Gasteiger partial charge in [-0.3, -0.25) is 9.10 Å². The van der Waals surface area contributed by atoms with Gasteiger partial charge in [-0.1, -0.05) is 18.2 Å². The minimum atomic E-state index is -3.61. The van der Waals surface area contributed by atoms with E-state index in [4.69, 9.17) is 4.74 Å². The van der Waals surface area contributed by atoms with Crippen LogP contribution >= 0.6 is 0 Å². The van der Waals surface area contributed by atoms with Crippen molar-refractivity contribution in [3.63, 3.8) is 0 Å². The number of hydrogen-bond donors (Lipinski definition) is 1. The number of sulfonamides is 1. The summed E-state index contributed by atoms with van der Waals surface area (Å²) in [5, 5.41) is 2.78. The molecular weight excluding hydrogens is 472 g/mol. The standard InChI is InChI=1S/C29H38N2O4S/c1-20-10-21(2)12-27(11-20)35-9-8-30-28(32)19-31(36(3,33)34)26-6-4-25(5-7-26)29-16-22-13-23(17-29)15-24(14-22)18-29/h4-7,10-12,22-24H,8-9,13-19H2,1-3H3,(H,30,32). The molecule has 36 heavy (non-hydrogen) atoms. The number of nitrogens with zero attached hydrogens (tertiary/aromatic N) is 1. The Labute approximate surface area is 215 Å². The van der Waals surface area contributed by atoms with E-state index in [1.807, 2.05) is 38.1 Å². The van der Waals surface area contributed by atoms with Gasteiger partial charge in [-0.2, -0.15) is 0 Å². The fraction of sp³-hybridized carbons (Fsp3) is 0.552. The average molecular weight is 511 g/mol. The highest BCUT2D eigenvalue weighted by molar-refractivity contribution is 7.92. The Balaban J connectivity index is 1.20. The van der Waals surface area contributed by atoms with Gasteiger partial charge in [0.25, 0.3) is 0 Å². The summed E-state index contributed by atoms with van der Waals surface area (Å²) < 4.78 is 32.1. The van der Waals surface area contributed by atoms with Crippen LogP contribution in [0.15, 0.2) is 42.5 Å². The van der Waals surface area contributed by atoms with Gasteiger partial charge in [0.2, 0.25) is 15.9 Å². The van der Waals surface area contributed by atoms with Crippen molar-refractivity contribution < 1.29 is 17.9 Å². The summed E-state index contributed by atoms with van der Waals surface area (Å²) >= 11 is 0. The number of carbonyl (C=O) groups is 1. The molecule has 6 rings (SSSR count). The summed E-state index contributed by atoms with van der Waals surface area (Å²) in [7, 11) is -3.61. The lowest BCUT2D eigenvalue weighted by molar-refractivity contribution is -0.119. The average Bonchev–Trinajstić information content (AvgIpc) is 2.78. The molecule has 0 radical (unpaired) electrons. The fourth-order valence-electron chi connectivity index (χ4n) is 7.41. The van der Waals surface area contributed by atoms with E-state index in [0.717, 1.165) is 40.9 Å². The first kappa shape index (κ1) is 25.1. The lowest BCUT2D eigenvalue weighted by atomic mass is 9.48. The van der Waals surface area contributed by atoms with Crippen molar-refractivity contribution in [3.8, 4) is 5.75 Å². The number of ether oxygens (including phenoxy) is 1. The van der Waals surface area contributed by atoms with E-state index in [0.29, 0.717) is 18.8 Å². The third-order valence-corrected chi connectivity index (χ3v) is 9.52. The Morgan fingerprint density at radius 1 is 0.972 bits per heavy atom. The Hall–Kier alpha value is -2.54. The van der Waals surface area contributed by atoms with Gasteiger partial charge in [-0.25, -0.2) is 8.42 Å². The highest BCUT2D eigenvalue weighted by atomic mass is 32.2. The molecular formula is C29H38N2O4S. The Bertz CT molecular complexity index is 1170. The van der Waals surface area contributed by atoms with E-state index < -0.39 is 10.0 Å². The molecule has 0 heterocycles. The number of carbonyl (C=O) groups excluding carboxylic acids is 1. The molecule has 0 spiro atoms. The molecule has 0 saturated heterocycles. The molecule has 6 nitrogen and oxygen atoms in total. The molecule has 1 N–H and O–H groups in total. The summed E-state index contributed by atoms with van der Waals surface area (Å²) in [4.78, 5) is 12.6. The van der Waals surface area contributed by atoms with Crippen molar-refractivity contribution in [2.75, 3.05) is 30.3 Å². The number of hydrogen-bond acceptors (Lipinski definition) is 4. The number of amides is 1. The smallest absolute Gasteiger partial charge is 0.240 e. The van der Waals surface area contributed by atoms with E-state index in [-0.39, 0.29) is 17.9 Å². The van der Waals surface area contributed by atoms with Crippen molar-refractivity contribution in [1.29, 1.82) is 0 Å².